The summed E-state index contributed by atoms with van der Waals surface area (Å²) in [7, 11) is 0. The molecule has 0 spiro atoms. The first-order valence-corrected chi connectivity index (χ1v) is 11.3. The van der Waals surface area contributed by atoms with Crippen molar-refractivity contribution < 1.29 is 13.2 Å². The molecule has 36 heavy (non-hydrogen) atoms. The van der Waals surface area contributed by atoms with Crippen molar-refractivity contribution in [3.63, 3.8) is 0 Å². The highest BCUT2D eigenvalue weighted by atomic mass is 19.4. The number of rotatable bonds is 5. The number of halogens is 3. The minimum atomic E-state index is -4.44. The molecule has 0 aliphatic heterocycles. The first kappa shape index (κ1) is 24.5. The van der Waals surface area contributed by atoms with Crippen molar-refractivity contribution in [1.82, 2.24) is 0 Å². The van der Waals surface area contributed by atoms with E-state index in [2.05, 4.69) is 22.9 Å². The molecule has 0 aliphatic rings. The molecule has 176 valence electrons. The van der Waals surface area contributed by atoms with Crippen LogP contribution in [0.25, 0.3) is 0 Å². The summed E-state index contributed by atoms with van der Waals surface area (Å²) in [4.78, 5) is 4.68. The quantitative estimate of drug-likeness (QED) is 0.217. The Bertz CT molecular complexity index is 1420. The van der Waals surface area contributed by atoms with Gasteiger partial charge < -0.3 is 0 Å². The minimum Gasteiger partial charge on any atom is -0.265 e. The zero-order valence-corrected chi connectivity index (χ0v) is 19.2. The summed E-state index contributed by atoms with van der Waals surface area (Å²) in [5, 5.41) is 9.77. The van der Waals surface area contributed by atoms with E-state index in [0.29, 0.717) is 12.0 Å². The molecule has 0 aromatic heterocycles. The van der Waals surface area contributed by atoms with Crippen LogP contribution in [0.1, 0.15) is 39.4 Å². The topological polar surface area (TPSA) is 36.1 Å². The van der Waals surface area contributed by atoms with Crippen LogP contribution in [-0.4, -0.2) is 5.71 Å². The van der Waals surface area contributed by atoms with E-state index in [1.807, 2.05) is 84.9 Å². The molecule has 4 aromatic rings. The molecule has 0 saturated heterocycles. The molecule has 2 nitrogen and oxygen atoms in total. The smallest absolute Gasteiger partial charge is 0.265 e. The van der Waals surface area contributed by atoms with Crippen molar-refractivity contribution in [2.45, 2.75) is 18.6 Å². The maximum Gasteiger partial charge on any atom is 0.416 e. The molecular weight excluding hydrogens is 457 g/mol. The largest absolute Gasteiger partial charge is 0.416 e. The van der Waals surface area contributed by atoms with Crippen LogP contribution in [-0.2, 0) is 12.6 Å². The van der Waals surface area contributed by atoms with Crippen LogP contribution in [0.5, 0.6) is 0 Å². The third-order valence-electron chi connectivity index (χ3n) is 5.57. The summed E-state index contributed by atoms with van der Waals surface area (Å²) in [6, 6.07) is 33.2. The van der Waals surface area contributed by atoms with Gasteiger partial charge in [-0.3, -0.25) is 4.99 Å². The third kappa shape index (κ3) is 6.50. The summed E-state index contributed by atoms with van der Waals surface area (Å²) >= 11 is 0. The lowest BCUT2D eigenvalue weighted by Gasteiger charge is -2.15. The third-order valence-corrected chi connectivity index (χ3v) is 5.57. The van der Waals surface area contributed by atoms with Gasteiger partial charge in [-0.05, 0) is 53.9 Å². The lowest BCUT2D eigenvalue weighted by atomic mass is 9.97. The lowest BCUT2D eigenvalue weighted by molar-refractivity contribution is -0.137. The van der Waals surface area contributed by atoms with Gasteiger partial charge in [-0.15, -0.1) is 0 Å². The monoisotopic (exact) mass is 478 g/mol. The van der Waals surface area contributed by atoms with Crippen LogP contribution in [0.2, 0.25) is 0 Å². The van der Waals surface area contributed by atoms with E-state index < -0.39 is 17.8 Å². The van der Waals surface area contributed by atoms with Crippen LogP contribution in [0.3, 0.4) is 0 Å². The Kier molecular flexibility index (Phi) is 7.63. The van der Waals surface area contributed by atoms with E-state index in [1.165, 1.54) is 12.1 Å². The number of aliphatic imine (C=N–C) groups is 1. The highest BCUT2D eigenvalue weighted by Crippen LogP contribution is 2.30. The average Bonchev–Trinajstić information content (AvgIpc) is 2.91. The highest BCUT2D eigenvalue weighted by Gasteiger charge is 2.30. The number of nitriles is 1. The highest BCUT2D eigenvalue weighted by molar-refractivity contribution is 6.11. The maximum absolute atomic E-state index is 13.0. The molecule has 4 rings (SSSR count). The molecule has 5 heteroatoms. The standard InChI is InChI=1S/C31H21F3N2/c32-31(33,34)28-19-17-27(18-20-28)30(22-35)36-29(21-25-9-5-2-6-10-25)26-15-13-24(14-16-26)12-11-23-7-3-1-4-8-23/h1-10,13-20,29H,21H2/b36-30+/t29-/m1/s1. The Morgan fingerprint density at radius 1 is 0.722 bits per heavy atom. The molecule has 0 unspecified atom stereocenters. The summed E-state index contributed by atoms with van der Waals surface area (Å²) in [5.74, 6) is 6.27. The van der Waals surface area contributed by atoms with E-state index in [9.17, 15) is 18.4 Å². The molecule has 4 aromatic carbocycles. The van der Waals surface area contributed by atoms with E-state index in [4.69, 9.17) is 0 Å². The van der Waals surface area contributed by atoms with Gasteiger partial charge in [-0.1, -0.05) is 84.6 Å². The van der Waals surface area contributed by atoms with Gasteiger partial charge in [0.05, 0.1) is 11.6 Å². The predicted molar refractivity (Wildman–Crippen MR) is 135 cm³/mol. The SMILES string of the molecule is N#C/C(=N\[C@H](Cc1ccccc1)c1ccc(C#Cc2ccccc2)cc1)c1ccc(C(F)(F)F)cc1. The van der Waals surface area contributed by atoms with Crippen molar-refractivity contribution >= 4 is 5.71 Å². The van der Waals surface area contributed by atoms with Crippen LogP contribution >= 0.6 is 0 Å². The van der Waals surface area contributed by atoms with Gasteiger partial charge in [-0.2, -0.15) is 18.4 Å². The fourth-order valence-corrected chi connectivity index (χ4v) is 3.67. The molecular formula is C31H21F3N2. The molecule has 1 atom stereocenters. The van der Waals surface area contributed by atoms with Crippen molar-refractivity contribution in [3.8, 4) is 17.9 Å². The predicted octanol–water partition coefficient (Wildman–Crippen LogP) is 7.40. The maximum atomic E-state index is 13.0. The van der Waals surface area contributed by atoms with Gasteiger partial charge >= 0.3 is 6.18 Å². The van der Waals surface area contributed by atoms with Crippen molar-refractivity contribution in [2.75, 3.05) is 0 Å². The Labute approximate surface area is 208 Å². The van der Waals surface area contributed by atoms with Crippen molar-refractivity contribution in [3.05, 3.63) is 143 Å². The van der Waals surface area contributed by atoms with Gasteiger partial charge in [0.15, 0.2) is 0 Å². The normalized spacial score (nSPS) is 12.2. The van der Waals surface area contributed by atoms with Gasteiger partial charge in [0.25, 0.3) is 0 Å². The fourth-order valence-electron chi connectivity index (χ4n) is 3.67. The number of hydrogen-bond donors (Lipinski definition) is 0. The summed E-state index contributed by atoms with van der Waals surface area (Å²) < 4.78 is 38.9. The molecule has 0 heterocycles. The number of hydrogen-bond acceptors (Lipinski definition) is 2. The van der Waals surface area contributed by atoms with E-state index in [0.717, 1.165) is 34.4 Å². The summed E-state index contributed by atoms with van der Waals surface area (Å²) in [6.07, 6.45) is -3.91. The van der Waals surface area contributed by atoms with Crippen LogP contribution < -0.4 is 0 Å². The van der Waals surface area contributed by atoms with Crippen LogP contribution in [0.4, 0.5) is 13.2 Å². The Morgan fingerprint density at radius 3 is 1.83 bits per heavy atom. The van der Waals surface area contributed by atoms with Crippen LogP contribution in [0.15, 0.2) is 114 Å². The van der Waals surface area contributed by atoms with Gasteiger partial charge in [0.2, 0.25) is 0 Å². The molecule has 0 fully saturated rings. The van der Waals surface area contributed by atoms with Crippen molar-refractivity contribution in [2.24, 2.45) is 4.99 Å². The van der Waals surface area contributed by atoms with E-state index in [-0.39, 0.29) is 5.71 Å². The van der Waals surface area contributed by atoms with Gasteiger partial charge in [0, 0.05) is 16.7 Å². The zero-order chi connectivity index (χ0) is 25.4. The number of nitrogens with zero attached hydrogens (tertiary/aromatic N) is 2. The minimum absolute atomic E-state index is 0.0811. The summed E-state index contributed by atoms with van der Waals surface area (Å²) in [5.41, 5.74) is 3.33. The molecule has 0 saturated carbocycles. The van der Waals surface area contributed by atoms with Crippen LogP contribution in [0, 0.1) is 23.2 Å². The first-order chi connectivity index (χ1) is 17.4. The fraction of sp³-hybridized carbons (Fsp3) is 0.0968. The zero-order valence-electron chi connectivity index (χ0n) is 19.2. The molecule has 0 aliphatic carbocycles. The molecule has 0 bridgehead atoms. The Hall–Kier alpha value is -4.61. The van der Waals surface area contributed by atoms with E-state index >= 15 is 0 Å². The van der Waals surface area contributed by atoms with Crippen molar-refractivity contribution in [1.29, 1.82) is 5.26 Å². The summed E-state index contributed by atoms with van der Waals surface area (Å²) in [6.45, 7) is 0. The van der Waals surface area contributed by atoms with Gasteiger partial charge in [-0.25, -0.2) is 0 Å². The molecule has 0 amide bonds. The second-order valence-corrected chi connectivity index (χ2v) is 8.11. The molecule has 0 radical (unpaired) electrons. The molecule has 0 N–H and O–H groups in total. The van der Waals surface area contributed by atoms with E-state index in [1.54, 1.807) is 0 Å². The Balaban J connectivity index is 1.65. The second kappa shape index (κ2) is 11.2. The first-order valence-electron chi connectivity index (χ1n) is 11.3. The lowest BCUT2D eigenvalue weighted by Crippen LogP contribution is -2.08. The number of benzene rings is 4. The Morgan fingerprint density at radius 2 is 1.28 bits per heavy atom. The van der Waals surface area contributed by atoms with Gasteiger partial charge in [0.1, 0.15) is 11.8 Å². The number of alkyl halides is 3. The average molecular weight is 479 g/mol. The second-order valence-electron chi connectivity index (χ2n) is 8.11.